The van der Waals surface area contributed by atoms with Crippen LogP contribution in [-0.4, -0.2) is 92.3 Å². The molecule has 0 aromatic carbocycles. The first kappa shape index (κ1) is 43.5. The predicted octanol–water partition coefficient (Wildman–Crippen LogP) is 7.66. The molecule has 0 fully saturated rings. The van der Waals surface area contributed by atoms with E-state index in [1.807, 2.05) is 21.1 Å². The summed E-state index contributed by atoms with van der Waals surface area (Å²) < 4.78 is 22.6. The van der Waals surface area contributed by atoms with E-state index < -0.39 is 13.5 Å². The Labute approximate surface area is 274 Å². The highest BCUT2D eigenvalue weighted by Crippen LogP contribution is 2.42. The average Bonchev–Trinajstić information content (AvgIpc) is 2.94. The Morgan fingerprint density at radius 1 is 0.667 bits per heavy atom. The van der Waals surface area contributed by atoms with E-state index in [1.165, 1.54) is 32.1 Å². The smallest absolute Gasteiger partial charge is 0.306 e. The molecule has 0 bridgehead atoms. The Morgan fingerprint density at radius 3 is 1.71 bits per heavy atom. The van der Waals surface area contributed by atoms with Crippen LogP contribution in [0.25, 0.3) is 0 Å². The first-order valence-corrected chi connectivity index (χ1v) is 19.2. The highest BCUT2D eigenvalue weighted by Gasteiger charge is 2.16. The Kier molecular flexibility index (Phi) is 26.8. The quantitative estimate of drug-likeness (QED) is 0.0322. The highest BCUT2D eigenvalue weighted by molar-refractivity contribution is 7.58. The fourth-order valence-corrected chi connectivity index (χ4v) is 5.60. The lowest BCUT2D eigenvalue weighted by atomic mass is 10.0. The van der Waals surface area contributed by atoms with Crippen molar-refractivity contribution < 1.29 is 47.4 Å². The summed E-state index contributed by atoms with van der Waals surface area (Å²) in [5.74, 6) is -1.11. The molecule has 0 aliphatic heterocycles. The molecular weight excluding hydrogens is 597 g/mol. The molecule has 45 heavy (non-hydrogen) atoms. The van der Waals surface area contributed by atoms with Gasteiger partial charge in [0.25, 0.3) is 0 Å². The summed E-state index contributed by atoms with van der Waals surface area (Å²) in [5, 5.41) is 8.72. The first-order chi connectivity index (χ1) is 21.3. The zero-order valence-electron chi connectivity index (χ0n) is 29.1. The second kappa shape index (κ2) is 27.6. The molecule has 10 nitrogen and oxygen atoms in total. The molecule has 0 aromatic rings. The van der Waals surface area contributed by atoms with Gasteiger partial charge in [0.2, 0.25) is 7.57 Å². The average molecular weight is 665 g/mol. The zero-order valence-corrected chi connectivity index (χ0v) is 30.0. The molecule has 0 aliphatic rings. The fraction of sp³-hybridized carbons (Fsp3) is 0.882. The van der Waals surface area contributed by atoms with Crippen LogP contribution in [-0.2, 0) is 32.9 Å². The number of esters is 2. The third kappa shape index (κ3) is 32.3. The molecule has 2 atom stereocenters. The van der Waals surface area contributed by atoms with Crippen LogP contribution in [0.3, 0.4) is 0 Å². The standard InChI is InChI=1S/C34H66NO9P/c1-6-7-8-9-11-16-22-31(44-34(39)26-20-13-10-12-18-24-32(36)37)23-17-14-15-19-25-33(38)41-28-21-29-42-45(5,40)43-30-27-35(2,3)4/h31H,5-30H2,1-4H3,(H-,36,37,40)/p+1. The van der Waals surface area contributed by atoms with Gasteiger partial charge in [-0.3, -0.25) is 14.4 Å². The van der Waals surface area contributed by atoms with E-state index in [2.05, 4.69) is 13.2 Å². The molecule has 0 radical (unpaired) electrons. The molecule has 266 valence electrons. The van der Waals surface area contributed by atoms with Crippen LogP contribution in [0.15, 0.2) is 0 Å². The second-order valence-corrected chi connectivity index (χ2v) is 15.0. The van der Waals surface area contributed by atoms with Gasteiger partial charge in [-0.05, 0) is 51.2 Å². The molecule has 2 unspecified atom stereocenters. The van der Waals surface area contributed by atoms with Crippen LogP contribution in [0, 0.1) is 0 Å². The van der Waals surface area contributed by atoms with Crippen molar-refractivity contribution in [2.24, 2.45) is 0 Å². The van der Waals surface area contributed by atoms with E-state index in [4.69, 9.17) is 23.6 Å². The van der Waals surface area contributed by atoms with Crippen molar-refractivity contribution in [1.82, 2.24) is 0 Å². The van der Waals surface area contributed by atoms with Crippen molar-refractivity contribution in [3.8, 4) is 0 Å². The van der Waals surface area contributed by atoms with Crippen molar-refractivity contribution in [1.29, 1.82) is 0 Å². The van der Waals surface area contributed by atoms with Crippen LogP contribution in [0.2, 0.25) is 0 Å². The van der Waals surface area contributed by atoms with E-state index in [0.29, 0.717) is 36.8 Å². The van der Waals surface area contributed by atoms with Gasteiger partial charge in [-0.1, -0.05) is 71.1 Å². The number of aliphatic carboxylic acids is 1. The molecule has 0 aliphatic carbocycles. The number of carboxylic acid groups (broad SMARTS) is 1. The number of quaternary nitrogens is 1. The summed E-state index contributed by atoms with van der Waals surface area (Å²) in [4.78, 5) is 45.3. The summed E-state index contributed by atoms with van der Waals surface area (Å²) in [5.41, 5.74) is 0. The van der Waals surface area contributed by atoms with Crippen LogP contribution in [0.4, 0.5) is 0 Å². The summed E-state index contributed by atoms with van der Waals surface area (Å²) in [6.45, 7) is 3.74. The van der Waals surface area contributed by atoms with Gasteiger partial charge in [0.15, 0.2) is 0 Å². The SMILES string of the molecule is C=P(O)(OCCCOC(=O)CCCCCCC(CCCCCCCC)OC(=O)CCCCCCCC(=O)O)OCC[N+](C)(C)C. The Bertz CT molecular complexity index is 816. The topological polar surface area (TPSA) is 129 Å². The molecule has 0 heterocycles. The van der Waals surface area contributed by atoms with Crippen molar-refractivity contribution in [3.05, 3.63) is 0 Å². The molecule has 0 saturated carbocycles. The summed E-state index contributed by atoms with van der Waals surface area (Å²) in [7, 11) is 3.00. The minimum Gasteiger partial charge on any atom is -0.481 e. The van der Waals surface area contributed by atoms with E-state index in [-0.39, 0.29) is 37.7 Å². The summed E-state index contributed by atoms with van der Waals surface area (Å²) in [6.07, 6.45) is 21.8. The lowest BCUT2D eigenvalue weighted by molar-refractivity contribution is -0.870. The van der Waals surface area contributed by atoms with Crippen LogP contribution >= 0.6 is 7.57 Å². The number of carbonyl (C=O) groups is 3. The Hall–Kier alpha value is -1.45. The molecular formula is C34H67NO9P+. The Morgan fingerprint density at radius 2 is 1.16 bits per heavy atom. The van der Waals surface area contributed by atoms with Crippen LogP contribution < -0.4 is 0 Å². The molecule has 0 rings (SSSR count). The number of rotatable bonds is 32. The molecule has 2 N–H and O–H groups in total. The van der Waals surface area contributed by atoms with Crippen molar-refractivity contribution in [3.63, 3.8) is 0 Å². The van der Waals surface area contributed by atoms with Crippen molar-refractivity contribution in [2.45, 2.75) is 148 Å². The van der Waals surface area contributed by atoms with Gasteiger partial charge in [0.1, 0.15) is 19.3 Å². The monoisotopic (exact) mass is 664 g/mol. The number of carboxylic acids is 1. The minimum atomic E-state index is -3.11. The highest BCUT2D eigenvalue weighted by atomic mass is 31.2. The second-order valence-electron chi connectivity index (χ2n) is 13.2. The van der Waals surface area contributed by atoms with Gasteiger partial charge < -0.3 is 33.0 Å². The van der Waals surface area contributed by atoms with Gasteiger partial charge in [0.05, 0.1) is 34.4 Å². The maximum Gasteiger partial charge on any atom is 0.306 e. The predicted molar refractivity (Wildman–Crippen MR) is 182 cm³/mol. The molecule has 11 heteroatoms. The molecule has 0 aromatic heterocycles. The number of hydrogen-bond donors (Lipinski definition) is 2. The number of unbranched alkanes of at least 4 members (excludes halogenated alkanes) is 12. The van der Waals surface area contributed by atoms with Gasteiger partial charge in [-0.2, -0.15) is 0 Å². The van der Waals surface area contributed by atoms with E-state index in [0.717, 1.165) is 77.2 Å². The van der Waals surface area contributed by atoms with Crippen LogP contribution in [0.1, 0.15) is 142 Å². The molecule has 0 saturated heterocycles. The third-order valence-electron chi connectivity index (χ3n) is 7.51. The number of carbonyl (C=O) groups excluding carboxylic acids is 2. The largest absolute Gasteiger partial charge is 0.481 e. The number of likely N-dealkylation sites (N-methyl/N-ethyl adjacent to an activating group) is 1. The van der Waals surface area contributed by atoms with Crippen molar-refractivity contribution >= 4 is 31.8 Å². The Balaban J connectivity index is 4.13. The molecule has 0 amide bonds. The lowest BCUT2D eigenvalue weighted by Crippen LogP contribution is -2.37. The third-order valence-corrected chi connectivity index (χ3v) is 8.68. The maximum absolute atomic E-state index is 12.5. The number of nitrogens with zero attached hydrogens (tertiary/aromatic N) is 1. The summed E-state index contributed by atoms with van der Waals surface area (Å²) >= 11 is 0. The van der Waals surface area contributed by atoms with Gasteiger partial charge >= 0.3 is 17.9 Å². The van der Waals surface area contributed by atoms with Gasteiger partial charge in [0, 0.05) is 25.7 Å². The number of hydrogen-bond acceptors (Lipinski definition) is 8. The normalized spacial score (nSPS) is 13.7. The molecule has 0 spiro atoms. The first-order valence-electron chi connectivity index (χ1n) is 17.5. The van der Waals surface area contributed by atoms with E-state index in [1.54, 1.807) is 0 Å². The van der Waals surface area contributed by atoms with Gasteiger partial charge in [-0.15, -0.1) is 0 Å². The fourth-order valence-electron chi connectivity index (χ4n) is 4.75. The van der Waals surface area contributed by atoms with Crippen LogP contribution in [0.5, 0.6) is 0 Å². The summed E-state index contributed by atoms with van der Waals surface area (Å²) in [6, 6.07) is 0. The van der Waals surface area contributed by atoms with Crippen molar-refractivity contribution in [2.75, 3.05) is 47.5 Å². The van der Waals surface area contributed by atoms with E-state index in [9.17, 15) is 19.3 Å². The van der Waals surface area contributed by atoms with Gasteiger partial charge in [-0.25, -0.2) is 0 Å². The minimum absolute atomic E-state index is 0.0482. The van der Waals surface area contributed by atoms with E-state index >= 15 is 0 Å². The lowest BCUT2D eigenvalue weighted by Gasteiger charge is -2.25. The zero-order chi connectivity index (χ0) is 33.8. The number of ether oxygens (including phenoxy) is 2. The maximum atomic E-state index is 12.5.